The van der Waals surface area contributed by atoms with E-state index in [2.05, 4.69) is 42.2 Å². The van der Waals surface area contributed by atoms with Crippen LogP contribution in [0.4, 0.5) is 0 Å². The molecule has 0 amide bonds. The van der Waals surface area contributed by atoms with Gasteiger partial charge in [0.05, 0.1) is 5.41 Å². The molecule has 4 rings (SSSR count). The summed E-state index contributed by atoms with van der Waals surface area (Å²) in [4.78, 5) is 13.8. The highest BCUT2D eigenvalue weighted by Gasteiger charge is 2.51. The second-order valence-electron chi connectivity index (χ2n) is 9.22. The standard InChI is InChI=1S/C22H31NO2/c1-21(8-7-18-15-19(18)17-5-3-2-4-6-17)11-13-23(14-12-21)16-22(9-10-22)20(24)25/h2-6,18-19H,7-16H2,1H3,(H,24,25)/t18-,19?/m1/s1. The fraction of sp³-hybridized carbons (Fsp3) is 0.682. The van der Waals surface area contributed by atoms with Crippen LogP contribution in [-0.2, 0) is 4.79 Å². The average Bonchev–Trinajstić information content (AvgIpc) is 3.52. The number of hydrogen-bond acceptors (Lipinski definition) is 2. The van der Waals surface area contributed by atoms with Crippen molar-refractivity contribution in [3.63, 3.8) is 0 Å². The van der Waals surface area contributed by atoms with Gasteiger partial charge in [-0.1, -0.05) is 37.3 Å². The maximum absolute atomic E-state index is 11.4. The van der Waals surface area contributed by atoms with Crippen molar-refractivity contribution in [3.8, 4) is 0 Å². The van der Waals surface area contributed by atoms with E-state index in [1.165, 1.54) is 37.7 Å². The maximum Gasteiger partial charge on any atom is 0.310 e. The molecule has 1 aromatic carbocycles. The third kappa shape index (κ3) is 3.76. The first-order chi connectivity index (χ1) is 12.0. The zero-order valence-corrected chi connectivity index (χ0v) is 15.4. The first-order valence-corrected chi connectivity index (χ1v) is 10.0. The highest BCUT2D eigenvalue weighted by atomic mass is 16.4. The number of aliphatic carboxylic acids is 1. The second kappa shape index (κ2) is 6.42. The van der Waals surface area contributed by atoms with Gasteiger partial charge in [0.15, 0.2) is 0 Å². The summed E-state index contributed by atoms with van der Waals surface area (Å²) >= 11 is 0. The van der Waals surface area contributed by atoms with Crippen molar-refractivity contribution in [3.05, 3.63) is 35.9 Å². The molecule has 2 atom stereocenters. The van der Waals surface area contributed by atoms with Crippen LogP contribution in [0.25, 0.3) is 0 Å². The van der Waals surface area contributed by atoms with E-state index in [9.17, 15) is 9.90 Å². The molecule has 1 heterocycles. The van der Waals surface area contributed by atoms with E-state index in [1.54, 1.807) is 0 Å². The molecule has 3 fully saturated rings. The minimum atomic E-state index is -0.582. The second-order valence-corrected chi connectivity index (χ2v) is 9.22. The number of carbonyl (C=O) groups is 1. The van der Waals surface area contributed by atoms with Crippen LogP contribution in [0.1, 0.15) is 63.4 Å². The fourth-order valence-corrected chi connectivity index (χ4v) is 4.73. The molecule has 1 aliphatic heterocycles. The van der Waals surface area contributed by atoms with E-state index in [0.717, 1.165) is 44.3 Å². The van der Waals surface area contributed by atoms with Gasteiger partial charge in [0.2, 0.25) is 0 Å². The molecule has 3 nitrogen and oxygen atoms in total. The highest BCUT2D eigenvalue weighted by Crippen LogP contribution is 2.52. The van der Waals surface area contributed by atoms with Crippen LogP contribution < -0.4 is 0 Å². The summed E-state index contributed by atoms with van der Waals surface area (Å²) in [6, 6.07) is 11.0. The summed E-state index contributed by atoms with van der Waals surface area (Å²) in [6.45, 7) is 5.39. The molecule has 0 spiro atoms. The van der Waals surface area contributed by atoms with Crippen molar-refractivity contribution < 1.29 is 9.90 Å². The molecule has 1 saturated heterocycles. The van der Waals surface area contributed by atoms with Gasteiger partial charge >= 0.3 is 5.97 Å². The average molecular weight is 341 g/mol. The van der Waals surface area contributed by atoms with E-state index >= 15 is 0 Å². The summed E-state index contributed by atoms with van der Waals surface area (Å²) < 4.78 is 0. The Hall–Kier alpha value is -1.35. The van der Waals surface area contributed by atoms with Crippen molar-refractivity contribution >= 4 is 5.97 Å². The summed E-state index contributed by atoms with van der Waals surface area (Å²) in [6.07, 6.45) is 8.26. The molecule has 0 bridgehead atoms. The van der Waals surface area contributed by atoms with Crippen molar-refractivity contribution in [1.82, 2.24) is 4.90 Å². The van der Waals surface area contributed by atoms with Gasteiger partial charge < -0.3 is 10.0 Å². The van der Waals surface area contributed by atoms with E-state index in [0.29, 0.717) is 5.41 Å². The van der Waals surface area contributed by atoms with Gasteiger partial charge in [-0.05, 0) is 80.8 Å². The van der Waals surface area contributed by atoms with Gasteiger partial charge in [0.25, 0.3) is 0 Å². The predicted molar refractivity (Wildman–Crippen MR) is 99.6 cm³/mol. The van der Waals surface area contributed by atoms with Crippen molar-refractivity contribution in [1.29, 1.82) is 0 Å². The van der Waals surface area contributed by atoms with Crippen molar-refractivity contribution in [2.75, 3.05) is 19.6 Å². The zero-order chi connectivity index (χ0) is 17.5. The summed E-state index contributed by atoms with van der Waals surface area (Å²) in [7, 11) is 0. The zero-order valence-electron chi connectivity index (χ0n) is 15.4. The lowest BCUT2D eigenvalue weighted by atomic mass is 9.76. The fourth-order valence-electron chi connectivity index (χ4n) is 4.73. The van der Waals surface area contributed by atoms with Gasteiger partial charge in [-0.3, -0.25) is 4.79 Å². The summed E-state index contributed by atoms with van der Waals surface area (Å²) in [5.41, 5.74) is 1.58. The number of piperidine rings is 1. The lowest BCUT2D eigenvalue weighted by Gasteiger charge is -2.40. The third-order valence-corrected chi connectivity index (χ3v) is 7.17. The first kappa shape index (κ1) is 17.1. The molecule has 2 saturated carbocycles. The third-order valence-electron chi connectivity index (χ3n) is 7.17. The minimum Gasteiger partial charge on any atom is -0.481 e. The highest BCUT2D eigenvalue weighted by molar-refractivity contribution is 5.78. The molecule has 25 heavy (non-hydrogen) atoms. The van der Waals surface area contributed by atoms with Crippen LogP contribution in [0.2, 0.25) is 0 Å². The Morgan fingerprint density at radius 1 is 1.16 bits per heavy atom. The van der Waals surface area contributed by atoms with Crippen LogP contribution in [-0.4, -0.2) is 35.6 Å². The molecule has 3 aliphatic rings. The van der Waals surface area contributed by atoms with Gasteiger partial charge in [0.1, 0.15) is 0 Å². The maximum atomic E-state index is 11.4. The smallest absolute Gasteiger partial charge is 0.310 e. The Kier molecular flexibility index (Phi) is 4.39. The summed E-state index contributed by atoms with van der Waals surface area (Å²) in [5, 5.41) is 9.38. The van der Waals surface area contributed by atoms with Crippen LogP contribution >= 0.6 is 0 Å². The lowest BCUT2D eigenvalue weighted by Crippen LogP contribution is -2.43. The van der Waals surface area contributed by atoms with E-state index in [1.807, 2.05) is 0 Å². The molecule has 2 aliphatic carbocycles. The Morgan fingerprint density at radius 3 is 2.44 bits per heavy atom. The predicted octanol–water partition coefficient (Wildman–Crippen LogP) is 4.54. The molecule has 1 unspecified atom stereocenters. The number of nitrogens with zero attached hydrogens (tertiary/aromatic N) is 1. The van der Waals surface area contributed by atoms with Gasteiger partial charge in [-0.25, -0.2) is 0 Å². The Morgan fingerprint density at radius 2 is 1.84 bits per heavy atom. The first-order valence-electron chi connectivity index (χ1n) is 10.0. The molecule has 0 aromatic heterocycles. The van der Waals surface area contributed by atoms with E-state index in [4.69, 9.17) is 0 Å². The molecular formula is C22H31NO2. The number of hydrogen-bond donors (Lipinski definition) is 1. The molecule has 1 aromatic rings. The van der Waals surface area contributed by atoms with Crippen LogP contribution in [0.15, 0.2) is 30.3 Å². The number of likely N-dealkylation sites (tertiary alicyclic amines) is 1. The summed E-state index contributed by atoms with van der Waals surface area (Å²) in [5.74, 6) is 1.11. The topological polar surface area (TPSA) is 40.5 Å². The van der Waals surface area contributed by atoms with Crippen LogP contribution in [0.3, 0.4) is 0 Å². The lowest BCUT2D eigenvalue weighted by molar-refractivity contribution is -0.144. The van der Waals surface area contributed by atoms with Crippen LogP contribution in [0.5, 0.6) is 0 Å². The number of rotatable bonds is 7. The molecular weight excluding hydrogens is 310 g/mol. The minimum absolute atomic E-state index is 0.398. The molecule has 0 radical (unpaired) electrons. The monoisotopic (exact) mass is 341 g/mol. The molecule has 3 heteroatoms. The van der Waals surface area contributed by atoms with Crippen molar-refractivity contribution in [2.24, 2.45) is 16.7 Å². The van der Waals surface area contributed by atoms with Gasteiger partial charge in [-0.2, -0.15) is 0 Å². The van der Waals surface area contributed by atoms with Gasteiger partial charge in [0, 0.05) is 6.54 Å². The molecule has 136 valence electrons. The quantitative estimate of drug-likeness (QED) is 0.792. The molecule has 1 N–H and O–H groups in total. The largest absolute Gasteiger partial charge is 0.481 e. The number of carboxylic acid groups (broad SMARTS) is 1. The Bertz CT molecular complexity index is 614. The van der Waals surface area contributed by atoms with Crippen molar-refractivity contribution in [2.45, 2.75) is 57.8 Å². The van der Waals surface area contributed by atoms with Crippen LogP contribution in [0, 0.1) is 16.7 Å². The van der Waals surface area contributed by atoms with E-state index < -0.39 is 11.4 Å². The van der Waals surface area contributed by atoms with Gasteiger partial charge in [-0.15, -0.1) is 0 Å². The Labute approximate surface area is 151 Å². The SMILES string of the molecule is CC1(CC[C@@H]2CC2c2ccccc2)CCN(CC2(C(=O)O)CC2)CC1. The number of benzene rings is 1. The van der Waals surface area contributed by atoms with E-state index in [-0.39, 0.29) is 0 Å². The Balaban J connectivity index is 1.21. The number of carboxylic acids is 1. The normalized spacial score (nSPS) is 30.0.